The number of rotatable bonds is 3. The lowest BCUT2D eigenvalue weighted by Crippen LogP contribution is -2.27. The molecule has 0 bridgehead atoms. The molecule has 1 aromatic heterocycles. The standard InChI is InChI=1S/C13H12ClN3O2/c1-9-2-3-10(14)6-11(9)16-12(18)7-17-8-15-5-4-13(17)19/h2-6,8H,7H2,1H3,(H,16,18). The number of benzene rings is 1. The average Bonchev–Trinajstić information content (AvgIpc) is 2.37. The number of amides is 1. The van der Waals surface area contributed by atoms with Crippen molar-refractivity contribution in [2.24, 2.45) is 0 Å². The van der Waals surface area contributed by atoms with Crippen LogP contribution < -0.4 is 10.9 Å². The van der Waals surface area contributed by atoms with E-state index in [0.29, 0.717) is 10.7 Å². The summed E-state index contributed by atoms with van der Waals surface area (Å²) in [6.07, 6.45) is 2.71. The lowest BCUT2D eigenvalue weighted by atomic mass is 10.2. The molecule has 0 radical (unpaired) electrons. The number of halogens is 1. The van der Waals surface area contributed by atoms with Crippen LogP contribution in [0, 0.1) is 6.92 Å². The van der Waals surface area contributed by atoms with Crippen molar-refractivity contribution >= 4 is 23.2 Å². The first-order valence-electron chi connectivity index (χ1n) is 5.63. The van der Waals surface area contributed by atoms with Gasteiger partial charge in [0, 0.05) is 23.0 Å². The predicted octanol–water partition coefficient (Wildman–Crippen LogP) is 1.84. The van der Waals surface area contributed by atoms with Gasteiger partial charge in [-0.05, 0) is 24.6 Å². The molecule has 0 aliphatic carbocycles. The second-order valence-electron chi connectivity index (χ2n) is 4.05. The Labute approximate surface area is 114 Å². The van der Waals surface area contributed by atoms with Crippen LogP contribution in [-0.4, -0.2) is 15.5 Å². The smallest absolute Gasteiger partial charge is 0.253 e. The average molecular weight is 278 g/mol. The summed E-state index contributed by atoms with van der Waals surface area (Å²) in [5, 5.41) is 3.26. The van der Waals surface area contributed by atoms with E-state index >= 15 is 0 Å². The Morgan fingerprint density at radius 2 is 2.21 bits per heavy atom. The van der Waals surface area contributed by atoms with E-state index in [0.717, 1.165) is 5.56 Å². The molecule has 0 spiro atoms. The van der Waals surface area contributed by atoms with Crippen molar-refractivity contribution in [1.29, 1.82) is 0 Å². The van der Waals surface area contributed by atoms with E-state index < -0.39 is 0 Å². The topological polar surface area (TPSA) is 64.0 Å². The van der Waals surface area contributed by atoms with Crippen LogP contribution in [0.5, 0.6) is 0 Å². The molecule has 2 aromatic rings. The molecule has 0 saturated heterocycles. The molecule has 0 unspecified atom stereocenters. The van der Waals surface area contributed by atoms with E-state index in [1.54, 1.807) is 12.1 Å². The third-order valence-electron chi connectivity index (χ3n) is 2.58. The summed E-state index contributed by atoms with van der Waals surface area (Å²) in [5.41, 5.74) is 1.26. The van der Waals surface area contributed by atoms with Crippen molar-refractivity contribution in [3.63, 3.8) is 0 Å². The highest BCUT2D eigenvalue weighted by molar-refractivity contribution is 6.31. The summed E-state index contributed by atoms with van der Waals surface area (Å²) in [7, 11) is 0. The zero-order valence-corrected chi connectivity index (χ0v) is 11.0. The number of nitrogens with zero attached hydrogens (tertiary/aromatic N) is 2. The number of aromatic nitrogens is 2. The minimum atomic E-state index is -0.305. The number of aryl methyl sites for hydroxylation is 1. The zero-order chi connectivity index (χ0) is 13.8. The second kappa shape index (κ2) is 5.67. The van der Waals surface area contributed by atoms with Crippen molar-refractivity contribution < 1.29 is 4.79 Å². The van der Waals surface area contributed by atoms with Crippen molar-refractivity contribution in [2.45, 2.75) is 13.5 Å². The Hall–Kier alpha value is -2.14. The highest BCUT2D eigenvalue weighted by Crippen LogP contribution is 2.19. The molecule has 1 amide bonds. The molecule has 1 aromatic carbocycles. The van der Waals surface area contributed by atoms with Gasteiger partial charge in [0.05, 0.1) is 6.33 Å². The van der Waals surface area contributed by atoms with Gasteiger partial charge in [0.25, 0.3) is 5.56 Å². The lowest BCUT2D eigenvalue weighted by Gasteiger charge is -2.09. The maximum atomic E-state index is 11.9. The number of hydrogen-bond donors (Lipinski definition) is 1. The molecule has 19 heavy (non-hydrogen) atoms. The van der Waals surface area contributed by atoms with Gasteiger partial charge in [-0.3, -0.25) is 14.2 Å². The van der Waals surface area contributed by atoms with Gasteiger partial charge in [0.2, 0.25) is 5.91 Å². The third-order valence-corrected chi connectivity index (χ3v) is 2.82. The monoisotopic (exact) mass is 277 g/mol. The fraction of sp³-hybridized carbons (Fsp3) is 0.154. The number of nitrogens with one attached hydrogen (secondary N) is 1. The SMILES string of the molecule is Cc1ccc(Cl)cc1NC(=O)Cn1cnccc1=O. The Bertz CT molecular complexity index is 667. The molecule has 2 rings (SSSR count). The molecular formula is C13H12ClN3O2. The number of hydrogen-bond acceptors (Lipinski definition) is 3. The summed E-state index contributed by atoms with van der Waals surface area (Å²) in [5.74, 6) is -0.305. The quantitative estimate of drug-likeness (QED) is 0.931. The van der Waals surface area contributed by atoms with Crippen LogP contribution in [0.25, 0.3) is 0 Å². The van der Waals surface area contributed by atoms with Crippen LogP contribution in [0.1, 0.15) is 5.56 Å². The van der Waals surface area contributed by atoms with Gasteiger partial charge in [-0.1, -0.05) is 17.7 Å². The molecule has 0 aliphatic heterocycles. The predicted molar refractivity (Wildman–Crippen MR) is 73.3 cm³/mol. The molecule has 98 valence electrons. The van der Waals surface area contributed by atoms with E-state index in [9.17, 15) is 9.59 Å². The Kier molecular flexibility index (Phi) is 3.97. The summed E-state index contributed by atoms with van der Waals surface area (Å²) in [6, 6.07) is 6.53. The lowest BCUT2D eigenvalue weighted by molar-refractivity contribution is -0.116. The van der Waals surface area contributed by atoms with Crippen LogP contribution in [0.15, 0.2) is 41.6 Å². The Balaban J connectivity index is 2.12. The van der Waals surface area contributed by atoms with Crippen LogP contribution >= 0.6 is 11.6 Å². The van der Waals surface area contributed by atoms with Crippen LogP contribution in [-0.2, 0) is 11.3 Å². The van der Waals surface area contributed by atoms with Gasteiger partial charge in [-0.25, -0.2) is 4.98 Å². The first-order chi connectivity index (χ1) is 9.06. The molecule has 6 heteroatoms. The van der Waals surface area contributed by atoms with Gasteiger partial charge >= 0.3 is 0 Å². The Morgan fingerprint density at radius 3 is 2.95 bits per heavy atom. The molecule has 0 atom stereocenters. The third kappa shape index (κ3) is 3.42. The fourth-order valence-corrected chi connectivity index (χ4v) is 1.74. The first-order valence-corrected chi connectivity index (χ1v) is 6.00. The van der Waals surface area contributed by atoms with Gasteiger partial charge in [0.1, 0.15) is 6.54 Å². The summed E-state index contributed by atoms with van der Waals surface area (Å²) in [6.45, 7) is 1.78. The first kappa shape index (κ1) is 13.3. The van der Waals surface area contributed by atoms with E-state index in [1.165, 1.54) is 23.2 Å². The van der Waals surface area contributed by atoms with Crippen LogP contribution in [0.2, 0.25) is 5.02 Å². The van der Waals surface area contributed by atoms with E-state index in [-0.39, 0.29) is 18.0 Å². The summed E-state index contributed by atoms with van der Waals surface area (Å²) in [4.78, 5) is 27.1. The van der Waals surface area contributed by atoms with Gasteiger partial charge in [-0.15, -0.1) is 0 Å². The molecule has 1 heterocycles. The molecule has 0 saturated carbocycles. The van der Waals surface area contributed by atoms with Crippen molar-refractivity contribution in [3.05, 3.63) is 57.7 Å². The second-order valence-corrected chi connectivity index (χ2v) is 4.49. The van der Waals surface area contributed by atoms with Crippen molar-refractivity contribution in [2.75, 3.05) is 5.32 Å². The normalized spacial score (nSPS) is 10.2. The highest BCUT2D eigenvalue weighted by Gasteiger charge is 2.07. The van der Waals surface area contributed by atoms with Crippen LogP contribution in [0.4, 0.5) is 5.69 Å². The summed E-state index contributed by atoms with van der Waals surface area (Å²) < 4.78 is 1.23. The largest absolute Gasteiger partial charge is 0.324 e. The number of anilines is 1. The van der Waals surface area contributed by atoms with Gasteiger partial charge in [-0.2, -0.15) is 0 Å². The Morgan fingerprint density at radius 1 is 1.42 bits per heavy atom. The molecule has 0 aliphatic rings. The van der Waals surface area contributed by atoms with E-state index in [1.807, 2.05) is 13.0 Å². The maximum absolute atomic E-state index is 11.9. The number of carbonyl (C=O) groups is 1. The van der Waals surface area contributed by atoms with Crippen molar-refractivity contribution in [1.82, 2.24) is 9.55 Å². The van der Waals surface area contributed by atoms with E-state index in [2.05, 4.69) is 10.3 Å². The molecule has 1 N–H and O–H groups in total. The van der Waals surface area contributed by atoms with E-state index in [4.69, 9.17) is 11.6 Å². The minimum Gasteiger partial charge on any atom is -0.324 e. The van der Waals surface area contributed by atoms with Crippen molar-refractivity contribution in [3.8, 4) is 0 Å². The minimum absolute atomic E-state index is 0.0847. The highest BCUT2D eigenvalue weighted by atomic mass is 35.5. The molecule has 5 nitrogen and oxygen atoms in total. The molecular weight excluding hydrogens is 266 g/mol. The zero-order valence-electron chi connectivity index (χ0n) is 10.3. The van der Waals surface area contributed by atoms with Gasteiger partial charge in [0.15, 0.2) is 0 Å². The van der Waals surface area contributed by atoms with Gasteiger partial charge < -0.3 is 5.32 Å². The molecule has 0 fully saturated rings. The number of carbonyl (C=O) groups excluding carboxylic acids is 1. The van der Waals surface area contributed by atoms with Crippen LogP contribution in [0.3, 0.4) is 0 Å². The summed E-state index contributed by atoms with van der Waals surface area (Å²) >= 11 is 5.87. The maximum Gasteiger partial charge on any atom is 0.253 e. The fourth-order valence-electron chi connectivity index (χ4n) is 1.57.